The first-order valence-corrected chi connectivity index (χ1v) is 23.4. The van der Waals surface area contributed by atoms with Gasteiger partial charge >= 0.3 is 0 Å². The maximum atomic E-state index is 5.43. The van der Waals surface area contributed by atoms with Gasteiger partial charge in [0.2, 0.25) is 0 Å². The zero-order valence-electron chi connectivity index (χ0n) is 37.3. The minimum absolute atomic E-state index is 0.601. The second-order valence-corrected chi connectivity index (χ2v) is 17.6. The second kappa shape index (κ2) is 15.6. The molecule has 6 nitrogen and oxygen atoms in total. The summed E-state index contributed by atoms with van der Waals surface area (Å²) in [6.45, 7) is 0. The van der Waals surface area contributed by atoms with Crippen molar-refractivity contribution in [3.8, 4) is 62.4 Å². The molecule has 322 valence electrons. The van der Waals surface area contributed by atoms with Crippen LogP contribution in [0.25, 0.3) is 128 Å². The highest BCUT2D eigenvalue weighted by molar-refractivity contribution is 6.22. The van der Waals surface area contributed by atoms with Crippen LogP contribution in [-0.2, 0) is 0 Å². The normalized spacial score (nSPS) is 11.8. The first-order chi connectivity index (χ1) is 34.3. The summed E-state index contributed by atoms with van der Waals surface area (Å²) in [6, 6.07) is 86.2. The van der Waals surface area contributed by atoms with Gasteiger partial charge in [-0.25, -0.2) is 15.0 Å². The van der Waals surface area contributed by atoms with Crippen molar-refractivity contribution in [2.24, 2.45) is 0 Å². The van der Waals surface area contributed by atoms with Crippen LogP contribution < -0.4 is 0 Å². The molecule has 4 heterocycles. The number of benzene rings is 10. The second-order valence-electron chi connectivity index (χ2n) is 17.6. The predicted octanol–water partition coefficient (Wildman–Crippen LogP) is 15.8. The largest absolute Gasteiger partial charge is 0.309 e. The lowest BCUT2D eigenvalue weighted by atomic mass is 9.95. The molecular weight excluding hydrogens is 841 g/mol. The highest BCUT2D eigenvalue weighted by Gasteiger charge is 2.23. The Morgan fingerprint density at radius 1 is 0.246 bits per heavy atom. The van der Waals surface area contributed by atoms with Crippen LogP contribution in [0.4, 0.5) is 0 Å². The van der Waals surface area contributed by atoms with Gasteiger partial charge in [0.15, 0.2) is 17.5 Å². The number of aromatic nitrogens is 6. The molecule has 0 saturated carbocycles. The number of hydrogen-bond donors (Lipinski definition) is 0. The molecule has 14 aromatic rings. The Labute approximate surface area is 397 Å². The lowest BCUT2D eigenvalue weighted by molar-refractivity contribution is 1.07. The minimum atomic E-state index is 0.601. The number of fused-ring (bicyclic) bond motifs is 9. The summed E-state index contributed by atoms with van der Waals surface area (Å²) in [5.74, 6) is 1.82. The molecule has 0 amide bonds. The summed E-state index contributed by atoms with van der Waals surface area (Å²) in [5.41, 5.74) is 15.1. The van der Waals surface area contributed by atoms with Crippen LogP contribution in [0.15, 0.2) is 243 Å². The first-order valence-electron chi connectivity index (χ1n) is 23.4. The van der Waals surface area contributed by atoms with E-state index in [2.05, 4.69) is 238 Å². The molecule has 0 aliphatic rings. The third kappa shape index (κ3) is 6.09. The van der Waals surface area contributed by atoms with Gasteiger partial charge in [0.25, 0.3) is 0 Å². The average Bonchev–Trinajstić information content (AvgIpc) is 4.07. The topological polar surface area (TPSA) is 53.5 Å². The maximum Gasteiger partial charge on any atom is 0.166 e. The van der Waals surface area contributed by atoms with Crippen LogP contribution in [-0.4, -0.2) is 28.7 Å². The van der Waals surface area contributed by atoms with Crippen LogP contribution in [0.2, 0.25) is 0 Å². The fourth-order valence-corrected chi connectivity index (χ4v) is 10.8. The van der Waals surface area contributed by atoms with Gasteiger partial charge in [-0.15, -0.1) is 0 Å². The molecule has 0 saturated heterocycles. The molecule has 0 aliphatic carbocycles. The van der Waals surface area contributed by atoms with Gasteiger partial charge in [0, 0.05) is 66.1 Å². The Kier molecular flexibility index (Phi) is 8.79. The molecule has 0 fully saturated rings. The lowest BCUT2D eigenvalue weighted by Gasteiger charge is -2.13. The van der Waals surface area contributed by atoms with E-state index in [1.807, 2.05) is 18.2 Å². The number of hydrogen-bond acceptors (Lipinski definition) is 3. The molecule has 69 heavy (non-hydrogen) atoms. The van der Waals surface area contributed by atoms with Crippen molar-refractivity contribution in [1.29, 1.82) is 0 Å². The van der Waals surface area contributed by atoms with E-state index in [1.165, 1.54) is 43.7 Å². The van der Waals surface area contributed by atoms with E-state index in [0.717, 1.165) is 66.6 Å². The fourth-order valence-electron chi connectivity index (χ4n) is 10.8. The SMILES string of the molecule is c1ccc(-c2nc(-c3ccc4c5c(-c6cccc7c6c6ccccc6n7-c6ccccc6)cccc5n(-c5ccccc5)c4c3)nc(-c3cccc4c5ccccc5n(-c5ccccc5)c34)n2)cc1. The van der Waals surface area contributed by atoms with Crippen molar-refractivity contribution in [2.75, 3.05) is 0 Å². The smallest absolute Gasteiger partial charge is 0.166 e. The van der Waals surface area contributed by atoms with E-state index < -0.39 is 0 Å². The number of para-hydroxylation sites is 6. The van der Waals surface area contributed by atoms with Gasteiger partial charge in [0.05, 0.1) is 33.1 Å². The van der Waals surface area contributed by atoms with Crippen LogP contribution in [0.1, 0.15) is 0 Å². The Morgan fingerprint density at radius 3 is 1.29 bits per heavy atom. The Morgan fingerprint density at radius 2 is 0.667 bits per heavy atom. The van der Waals surface area contributed by atoms with Crippen molar-refractivity contribution in [3.63, 3.8) is 0 Å². The van der Waals surface area contributed by atoms with Gasteiger partial charge in [-0.3, -0.25) is 0 Å². The monoisotopic (exact) mass is 880 g/mol. The van der Waals surface area contributed by atoms with Gasteiger partial charge in [0.1, 0.15) is 0 Å². The summed E-state index contributed by atoms with van der Waals surface area (Å²) in [4.78, 5) is 16.0. The minimum Gasteiger partial charge on any atom is -0.309 e. The van der Waals surface area contributed by atoms with Crippen molar-refractivity contribution >= 4 is 65.4 Å². The van der Waals surface area contributed by atoms with Crippen LogP contribution >= 0.6 is 0 Å². The Balaban J connectivity index is 1.03. The molecule has 0 unspecified atom stereocenters. The van der Waals surface area contributed by atoms with Gasteiger partial charge < -0.3 is 13.7 Å². The fraction of sp³-hybridized carbons (Fsp3) is 0. The molecule has 14 rings (SSSR count). The van der Waals surface area contributed by atoms with Crippen LogP contribution in [0, 0.1) is 0 Å². The van der Waals surface area contributed by atoms with Crippen molar-refractivity contribution in [3.05, 3.63) is 243 Å². The Hall–Kier alpha value is -9.39. The highest BCUT2D eigenvalue weighted by Crippen LogP contribution is 2.45. The van der Waals surface area contributed by atoms with E-state index >= 15 is 0 Å². The number of nitrogens with zero attached hydrogens (tertiary/aromatic N) is 6. The molecule has 0 atom stereocenters. The maximum absolute atomic E-state index is 5.43. The quantitative estimate of drug-likeness (QED) is 0.160. The van der Waals surface area contributed by atoms with Gasteiger partial charge in [-0.1, -0.05) is 170 Å². The molecule has 0 bridgehead atoms. The molecule has 0 N–H and O–H groups in total. The van der Waals surface area contributed by atoms with Gasteiger partial charge in [-0.2, -0.15) is 0 Å². The zero-order chi connectivity index (χ0) is 45.4. The molecule has 0 radical (unpaired) electrons. The summed E-state index contributed by atoms with van der Waals surface area (Å²) in [7, 11) is 0. The molecule has 0 spiro atoms. The van der Waals surface area contributed by atoms with E-state index in [1.54, 1.807) is 0 Å². The van der Waals surface area contributed by atoms with Crippen molar-refractivity contribution in [1.82, 2.24) is 28.7 Å². The third-order valence-electron chi connectivity index (χ3n) is 13.7. The zero-order valence-corrected chi connectivity index (χ0v) is 37.3. The molecular formula is C63H40N6. The van der Waals surface area contributed by atoms with Crippen molar-refractivity contribution in [2.45, 2.75) is 0 Å². The van der Waals surface area contributed by atoms with E-state index in [0.29, 0.717) is 17.5 Å². The summed E-state index contributed by atoms with van der Waals surface area (Å²) in [5, 5.41) is 7.10. The van der Waals surface area contributed by atoms with Gasteiger partial charge in [-0.05, 0) is 83.9 Å². The first kappa shape index (κ1) is 38.8. The van der Waals surface area contributed by atoms with Crippen LogP contribution in [0.5, 0.6) is 0 Å². The summed E-state index contributed by atoms with van der Waals surface area (Å²) in [6.07, 6.45) is 0. The van der Waals surface area contributed by atoms with Crippen LogP contribution in [0.3, 0.4) is 0 Å². The molecule has 6 heteroatoms. The predicted molar refractivity (Wildman–Crippen MR) is 285 cm³/mol. The van der Waals surface area contributed by atoms with E-state index in [9.17, 15) is 0 Å². The molecule has 0 aliphatic heterocycles. The standard InChI is InChI=1S/C63H40N6/c1-5-20-41(21-6-1)61-64-62(66-63(65-61)52-33-17-32-49-46-28-13-15-34-53(46)69(60(49)52)45-26-11-4-12-27-45)42-38-39-51-57(40-42)68(44-24-9-3-10-25-44)56-37-19-31-48(59(51)56)47-30-18-36-55-58(47)50-29-14-16-35-54(50)67(55)43-22-7-2-8-23-43/h1-40H. The van der Waals surface area contributed by atoms with Crippen molar-refractivity contribution < 1.29 is 0 Å². The average molecular weight is 881 g/mol. The van der Waals surface area contributed by atoms with E-state index in [-0.39, 0.29) is 0 Å². The third-order valence-corrected chi connectivity index (χ3v) is 13.7. The van der Waals surface area contributed by atoms with E-state index in [4.69, 9.17) is 15.0 Å². The molecule has 4 aromatic heterocycles. The highest BCUT2D eigenvalue weighted by atomic mass is 15.1. The Bertz CT molecular complexity index is 4280. The summed E-state index contributed by atoms with van der Waals surface area (Å²) >= 11 is 0. The molecule has 10 aromatic carbocycles. The number of rotatable bonds is 7. The summed E-state index contributed by atoms with van der Waals surface area (Å²) < 4.78 is 7.13. The lowest BCUT2D eigenvalue weighted by Crippen LogP contribution is -2.02.